The van der Waals surface area contributed by atoms with Gasteiger partial charge in [0.2, 0.25) is 11.7 Å². The molecule has 0 unspecified atom stereocenters. The maximum Gasteiger partial charge on any atom is 0.449 e. The highest BCUT2D eigenvalue weighted by Gasteiger charge is 2.38. The summed E-state index contributed by atoms with van der Waals surface area (Å²) in [5, 5.41) is 2.62. The van der Waals surface area contributed by atoms with Gasteiger partial charge >= 0.3 is 6.18 Å². The van der Waals surface area contributed by atoms with Crippen LogP contribution in [0.25, 0.3) is 11.0 Å². The molecule has 0 aliphatic carbocycles. The minimum atomic E-state index is -4.72. The van der Waals surface area contributed by atoms with Crippen molar-refractivity contribution in [3.63, 3.8) is 0 Å². The van der Waals surface area contributed by atoms with Crippen LogP contribution >= 0.6 is 0 Å². The zero-order chi connectivity index (χ0) is 19.9. The number of amides is 1. The summed E-state index contributed by atoms with van der Waals surface area (Å²) in [7, 11) is 0. The number of aryl methyl sites for hydroxylation is 1. The van der Waals surface area contributed by atoms with E-state index in [1.54, 1.807) is 18.2 Å². The van der Waals surface area contributed by atoms with E-state index in [1.807, 2.05) is 13.0 Å². The maximum atomic E-state index is 13.5. The van der Waals surface area contributed by atoms with Crippen molar-refractivity contribution < 1.29 is 27.4 Å². The quantitative estimate of drug-likeness (QED) is 0.738. The SMILES string of the molecule is Cc1cccc(NC(=O)Cn2c(C(F)(F)F)nc3cc4c(cc32)OCCO4)c1. The Bertz CT molecular complexity index is 1060. The molecule has 3 aromatic rings. The Labute approximate surface area is 157 Å². The van der Waals surface area contributed by atoms with Crippen LogP contribution in [0.2, 0.25) is 0 Å². The van der Waals surface area contributed by atoms with Gasteiger partial charge in [0.25, 0.3) is 0 Å². The number of nitrogens with one attached hydrogen (secondary N) is 1. The molecule has 0 bridgehead atoms. The molecule has 28 heavy (non-hydrogen) atoms. The van der Waals surface area contributed by atoms with Crippen molar-refractivity contribution in [1.29, 1.82) is 0 Å². The van der Waals surface area contributed by atoms with Crippen molar-refractivity contribution in [2.75, 3.05) is 18.5 Å². The molecular weight excluding hydrogens is 375 g/mol. The first-order valence-electron chi connectivity index (χ1n) is 8.55. The second kappa shape index (κ2) is 6.74. The van der Waals surface area contributed by atoms with E-state index in [9.17, 15) is 18.0 Å². The summed E-state index contributed by atoms with van der Waals surface area (Å²) in [5.74, 6) is -1.08. The van der Waals surface area contributed by atoms with E-state index in [0.717, 1.165) is 10.1 Å². The summed E-state index contributed by atoms with van der Waals surface area (Å²) < 4.78 is 52.2. The smallest absolute Gasteiger partial charge is 0.449 e. The number of hydrogen-bond acceptors (Lipinski definition) is 4. The van der Waals surface area contributed by atoms with Crippen LogP contribution in [-0.2, 0) is 17.5 Å². The molecule has 0 atom stereocenters. The van der Waals surface area contributed by atoms with Crippen molar-refractivity contribution in [3.8, 4) is 11.5 Å². The number of imidazole rings is 1. The molecule has 0 saturated heterocycles. The lowest BCUT2D eigenvalue weighted by molar-refractivity contribution is -0.147. The van der Waals surface area contributed by atoms with Crippen LogP contribution < -0.4 is 14.8 Å². The number of nitrogens with zero attached hydrogens (tertiary/aromatic N) is 2. The largest absolute Gasteiger partial charge is 0.486 e. The molecule has 1 aliphatic rings. The average Bonchev–Trinajstić information content (AvgIpc) is 2.97. The number of carbonyl (C=O) groups excluding carboxylic acids is 1. The van der Waals surface area contributed by atoms with Crippen LogP contribution in [0, 0.1) is 6.92 Å². The van der Waals surface area contributed by atoms with Crippen molar-refractivity contribution in [1.82, 2.24) is 9.55 Å². The monoisotopic (exact) mass is 391 g/mol. The highest BCUT2D eigenvalue weighted by Crippen LogP contribution is 2.38. The number of carbonyl (C=O) groups is 1. The molecule has 6 nitrogen and oxygen atoms in total. The Hall–Kier alpha value is -3.23. The molecule has 4 rings (SSSR count). The molecule has 0 fully saturated rings. The van der Waals surface area contributed by atoms with Crippen molar-refractivity contribution >= 4 is 22.6 Å². The minimum Gasteiger partial charge on any atom is -0.486 e. The molecule has 146 valence electrons. The highest BCUT2D eigenvalue weighted by molar-refractivity contribution is 5.92. The van der Waals surface area contributed by atoms with Gasteiger partial charge in [0.15, 0.2) is 11.5 Å². The van der Waals surface area contributed by atoms with Crippen LogP contribution in [0.1, 0.15) is 11.4 Å². The van der Waals surface area contributed by atoms with Gasteiger partial charge in [-0.3, -0.25) is 4.79 Å². The lowest BCUT2D eigenvalue weighted by Gasteiger charge is -2.18. The number of halogens is 3. The van der Waals surface area contributed by atoms with Crippen LogP contribution in [0.15, 0.2) is 36.4 Å². The van der Waals surface area contributed by atoms with E-state index in [1.165, 1.54) is 12.1 Å². The fraction of sp³-hybridized carbons (Fsp3) is 0.263. The molecule has 0 saturated carbocycles. The zero-order valence-electron chi connectivity index (χ0n) is 14.8. The van der Waals surface area contributed by atoms with Gasteiger partial charge < -0.3 is 19.4 Å². The number of anilines is 1. The number of aromatic nitrogens is 2. The average molecular weight is 391 g/mol. The van der Waals surface area contributed by atoms with Gasteiger partial charge in [-0.25, -0.2) is 4.98 Å². The van der Waals surface area contributed by atoms with Crippen LogP contribution in [-0.4, -0.2) is 28.7 Å². The van der Waals surface area contributed by atoms with Gasteiger partial charge in [-0.2, -0.15) is 13.2 Å². The third kappa shape index (κ3) is 3.47. The summed E-state index contributed by atoms with van der Waals surface area (Å²) in [5.41, 5.74) is 1.67. The molecule has 2 heterocycles. The normalized spacial score (nSPS) is 13.6. The first-order valence-corrected chi connectivity index (χ1v) is 8.55. The Morgan fingerprint density at radius 1 is 1.18 bits per heavy atom. The lowest BCUT2D eigenvalue weighted by Crippen LogP contribution is -2.23. The molecule has 1 aromatic heterocycles. The molecule has 0 spiro atoms. The van der Waals surface area contributed by atoms with Gasteiger partial charge in [-0.15, -0.1) is 0 Å². The molecular formula is C19H16F3N3O3. The van der Waals surface area contributed by atoms with Crippen LogP contribution in [0.5, 0.6) is 11.5 Å². The highest BCUT2D eigenvalue weighted by atomic mass is 19.4. The first-order chi connectivity index (χ1) is 13.3. The van der Waals surface area contributed by atoms with Crippen molar-refractivity contribution in [2.45, 2.75) is 19.6 Å². The Kier molecular flexibility index (Phi) is 4.37. The second-order valence-corrected chi connectivity index (χ2v) is 6.42. The first kappa shape index (κ1) is 18.1. The summed E-state index contributed by atoms with van der Waals surface area (Å²) >= 11 is 0. The number of ether oxygens (including phenoxy) is 2. The van der Waals surface area contributed by atoms with Gasteiger partial charge in [-0.1, -0.05) is 12.1 Å². The molecule has 1 N–H and O–H groups in total. The van der Waals surface area contributed by atoms with Crippen molar-refractivity contribution in [3.05, 3.63) is 47.8 Å². The van der Waals surface area contributed by atoms with E-state index in [-0.39, 0.29) is 11.0 Å². The predicted molar refractivity (Wildman–Crippen MR) is 95.5 cm³/mol. The number of benzene rings is 2. The third-order valence-electron chi connectivity index (χ3n) is 4.27. The van der Waals surface area contributed by atoms with E-state index in [0.29, 0.717) is 30.4 Å². The topological polar surface area (TPSA) is 65.4 Å². The third-order valence-corrected chi connectivity index (χ3v) is 4.27. The summed E-state index contributed by atoms with van der Waals surface area (Å²) in [6, 6.07) is 9.83. The van der Waals surface area contributed by atoms with E-state index in [2.05, 4.69) is 10.3 Å². The van der Waals surface area contributed by atoms with Crippen molar-refractivity contribution in [2.24, 2.45) is 0 Å². The fourth-order valence-corrected chi connectivity index (χ4v) is 3.11. The Morgan fingerprint density at radius 3 is 2.57 bits per heavy atom. The molecule has 9 heteroatoms. The second-order valence-electron chi connectivity index (χ2n) is 6.42. The van der Waals surface area contributed by atoms with Gasteiger partial charge in [0, 0.05) is 17.8 Å². The zero-order valence-corrected chi connectivity index (χ0v) is 14.8. The predicted octanol–water partition coefficient (Wildman–Crippen LogP) is 3.77. The van der Waals surface area contributed by atoms with Gasteiger partial charge in [0.05, 0.1) is 11.0 Å². The maximum absolute atomic E-state index is 13.5. The number of rotatable bonds is 3. The standard InChI is InChI=1S/C19H16F3N3O3/c1-11-3-2-4-12(7-11)23-17(26)10-25-14-9-16-15(27-5-6-28-16)8-13(14)24-18(25)19(20,21)22/h2-4,7-9H,5-6,10H2,1H3,(H,23,26). The molecule has 1 aliphatic heterocycles. The minimum absolute atomic E-state index is 0.0833. The molecule has 1 amide bonds. The Balaban J connectivity index is 1.72. The van der Waals surface area contributed by atoms with Crippen LogP contribution in [0.4, 0.5) is 18.9 Å². The summed E-state index contributed by atoms with van der Waals surface area (Å²) in [4.78, 5) is 16.1. The number of fused-ring (bicyclic) bond motifs is 2. The molecule has 0 radical (unpaired) electrons. The van der Waals surface area contributed by atoms with E-state index in [4.69, 9.17) is 9.47 Å². The van der Waals surface area contributed by atoms with E-state index >= 15 is 0 Å². The van der Waals surface area contributed by atoms with E-state index < -0.39 is 24.5 Å². The lowest BCUT2D eigenvalue weighted by atomic mass is 10.2. The Morgan fingerprint density at radius 2 is 1.89 bits per heavy atom. The van der Waals surface area contributed by atoms with Crippen LogP contribution in [0.3, 0.4) is 0 Å². The summed E-state index contributed by atoms with van der Waals surface area (Å²) in [6.07, 6.45) is -4.72. The fourth-order valence-electron chi connectivity index (χ4n) is 3.11. The summed E-state index contributed by atoms with van der Waals surface area (Å²) in [6.45, 7) is 1.92. The van der Waals surface area contributed by atoms with Gasteiger partial charge in [-0.05, 0) is 24.6 Å². The van der Waals surface area contributed by atoms with Gasteiger partial charge in [0.1, 0.15) is 19.8 Å². The molecule has 2 aromatic carbocycles. The number of alkyl halides is 3. The number of hydrogen-bond donors (Lipinski definition) is 1.